The van der Waals surface area contributed by atoms with Crippen LogP contribution in [0, 0.1) is 6.92 Å². The summed E-state index contributed by atoms with van der Waals surface area (Å²) in [5.41, 5.74) is 7.63. The third-order valence-electron chi connectivity index (χ3n) is 6.86. The zero-order valence-corrected chi connectivity index (χ0v) is 19.4. The van der Waals surface area contributed by atoms with Gasteiger partial charge in [-0.15, -0.1) is 0 Å². The third kappa shape index (κ3) is 2.80. The van der Waals surface area contributed by atoms with Crippen molar-refractivity contribution < 1.29 is 4.74 Å². The molecule has 4 aromatic carbocycles. The molecule has 166 valence electrons. The molecule has 0 amide bonds. The Labute approximate surface area is 196 Å². The summed E-state index contributed by atoms with van der Waals surface area (Å²) in [7, 11) is 0. The Morgan fingerprint density at radius 3 is 2.35 bits per heavy atom. The first-order valence-electron chi connectivity index (χ1n) is 11.7. The smallest absolute Gasteiger partial charge is 0.137 e. The van der Waals surface area contributed by atoms with Crippen molar-refractivity contribution in [3.05, 3.63) is 78.0 Å². The fourth-order valence-electron chi connectivity index (χ4n) is 5.11. The fourth-order valence-corrected chi connectivity index (χ4v) is 5.11. The summed E-state index contributed by atoms with van der Waals surface area (Å²) in [4.78, 5) is 16.3. The summed E-state index contributed by atoms with van der Waals surface area (Å²) in [6.45, 7) is 6.82. The molecule has 3 heterocycles. The van der Waals surface area contributed by atoms with Crippen molar-refractivity contribution in [1.29, 1.82) is 0 Å². The molecule has 2 aromatic heterocycles. The van der Waals surface area contributed by atoms with Gasteiger partial charge in [-0.3, -0.25) is 0 Å². The number of benzene rings is 4. The molecule has 0 fully saturated rings. The Morgan fingerprint density at radius 2 is 1.56 bits per heavy atom. The predicted octanol–water partition coefficient (Wildman–Crippen LogP) is 7.25. The normalized spacial score (nSPS) is 12.9. The van der Waals surface area contributed by atoms with Crippen LogP contribution in [0.4, 0.5) is 0 Å². The van der Waals surface area contributed by atoms with Crippen molar-refractivity contribution in [3.8, 4) is 28.1 Å². The molecule has 0 atom stereocenters. The molecule has 0 radical (unpaired) electrons. The Balaban J connectivity index is 1.33. The fraction of sp³-hybridized carbons (Fsp3) is 0.172. The highest BCUT2D eigenvalue weighted by Gasteiger charge is 2.24. The SMILES string of the molecule is Cc1nc2ccc3cc(-c4ccc5c6c(ccc5c4)-c4nc(C(C)C)[nH]c4CO6)ccc3c2[nH]1. The Kier molecular flexibility index (Phi) is 3.95. The number of aryl methyl sites for hydroxylation is 1. The van der Waals surface area contributed by atoms with Crippen molar-refractivity contribution in [1.82, 2.24) is 19.9 Å². The summed E-state index contributed by atoms with van der Waals surface area (Å²) in [6, 6.07) is 21.8. The van der Waals surface area contributed by atoms with Crippen LogP contribution in [0.2, 0.25) is 0 Å². The lowest BCUT2D eigenvalue weighted by Crippen LogP contribution is -2.05. The number of H-pyrrole nitrogens is 2. The molecule has 0 saturated heterocycles. The highest BCUT2D eigenvalue weighted by atomic mass is 16.5. The van der Waals surface area contributed by atoms with Crippen LogP contribution < -0.4 is 4.74 Å². The monoisotopic (exact) mass is 444 g/mol. The first-order valence-corrected chi connectivity index (χ1v) is 11.7. The van der Waals surface area contributed by atoms with Gasteiger partial charge < -0.3 is 14.7 Å². The minimum absolute atomic E-state index is 0.354. The molecular formula is C29H24N4O. The lowest BCUT2D eigenvalue weighted by atomic mass is 9.95. The average Bonchev–Trinajstić information content (AvgIpc) is 3.46. The van der Waals surface area contributed by atoms with E-state index in [9.17, 15) is 0 Å². The van der Waals surface area contributed by atoms with Crippen LogP contribution in [0.1, 0.15) is 37.1 Å². The summed E-state index contributed by atoms with van der Waals surface area (Å²) in [6.07, 6.45) is 0. The number of aromatic nitrogens is 4. The summed E-state index contributed by atoms with van der Waals surface area (Å²) in [5, 5.41) is 4.69. The van der Waals surface area contributed by atoms with E-state index in [4.69, 9.17) is 9.72 Å². The average molecular weight is 445 g/mol. The lowest BCUT2D eigenvalue weighted by molar-refractivity contribution is 0.301. The minimum atomic E-state index is 0.354. The van der Waals surface area contributed by atoms with Crippen LogP contribution in [-0.4, -0.2) is 19.9 Å². The maximum Gasteiger partial charge on any atom is 0.137 e. The van der Waals surface area contributed by atoms with Gasteiger partial charge in [0.05, 0.1) is 22.4 Å². The lowest BCUT2D eigenvalue weighted by Gasteiger charge is -2.19. The van der Waals surface area contributed by atoms with Crippen molar-refractivity contribution in [2.24, 2.45) is 0 Å². The number of hydrogen-bond donors (Lipinski definition) is 2. The van der Waals surface area contributed by atoms with E-state index in [-0.39, 0.29) is 0 Å². The zero-order chi connectivity index (χ0) is 23.0. The molecule has 6 aromatic rings. The molecule has 5 heteroatoms. The van der Waals surface area contributed by atoms with Gasteiger partial charge in [-0.05, 0) is 53.1 Å². The largest absolute Gasteiger partial charge is 0.486 e. The van der Waals surface area contributed by atoms with Crippen molar-refractivity contribution in [3.63, 3.8) is 0 Å². The highest BCUT2D eigenvalue weighted by Crippen LogP contribution is 2.42. The third-order valence-corrected chi connectivity index (χ3v) is 6.86. The molecule has 1 aliphatic rings. The van der Waals surface area contributed by atoms with Crippen LogP contribution in [0.15, 0.2) is 60.7 Å². The quantitative estimate of drug-likeness (QED) is 0.296. The van der Waals surface area contributed by atoms with Gasteiger partial charge in [0, 0.05) is 22.3 Å². The van der Waals surface area contributed by atoms with E-state index < -0.39 is 0 Å². The second kappa shape index (κ2) is 6.94. The van der Waals surface area contributed by atoms with Crippen molar-refractivity contribution >= 4 is 32.6 Å². The van der Waals surface area contributed by atoms with Crippen LogP contribution in [0.25, 0.3) is 55.0 Å². The number of aromatic amines is 2. The van der Waals surface area contributed by atoms with Gasteiger partial charge in [-0.25, -0.2) is 9.97 Å². The second-order valence-corrected chi connectivity index (χ2v) is 9.49. The number of nitrogens with zero attached hydrogens (tertiary/aromatic N) is 2. The van der Waals surface area contributed by atoms with E-state index >= 15 is 0 Å². The Hall–Kier alpha value is -4.12. The van der Waals surface area contributed by atoms with Crippen LogP contribution in [0.5, 0.6) is 5.75 Å². The molecule has 0 bridgehead atoms. The second-order valence-electron chi connectivity index (χ2n) is 9.49. The summed E-state index contributed by atoms with van der Waals surface area (Å²) in [5.74, 6) is 3.23. The molecule has 1 aliphatic heterocycles. The van der Waals surface area contributed by atoms with E-state index in [1.54, 1.807) is 0 Å². The van der Waals surface area contributed by atoms with Gasteiger partial charge >= 0.3 is 0 Å². The minimum Gasteiger partial charge on any atom is -0.486 e. The zero-order valence-electron chi connectivity index (χ0n) is 19.4. The number of rotatable bonds is 2. The first-order chi connectivity index (χ1) is 16.5. The first kappa shape index (κ1) is 19.4. The van der Waals surface area contributed by atoms with Gasteiger partial charge in [0.15, 0.2) is 0 Å². The molecule has 34 heavy (non-hydrogen) atoms. The van der Waals surface area contributed by atoms with E-state index in [0.717, 1.165) is 50.8 Å². The van der Waals surface area contributed by atoms with Gasteiger partial charge in [-0.1, -0.05) is 50.2 Å². The van der Waals surface area contributed by atoms with E-state index in [1.165, 1.54) is 27.3 Å². The van der Waals surface area contributed by atoms with Gasteiger partial charge in [0.2, 0.25) is 0 Å². The predicted molar refractivity (Wildman–Crippen MR) is 137 cm³/mol. The van der Waals surface area contributed by atoms with Crippen LogP contribution in [0.3, 0.4) is 0 Å². The molecule has 0 unspecified atom stereocenters. The van der Waals surface area contributed by atoms with Gasteiger partial charge in [-0.2, -0.15) is 0 Å². The van der Waals surface area contributed by atoms with Gasteiger partial charge in [0.25, 0.3) is 0 Å². The summed E-state index contributed by atoms with van der Waals surface area (Å²) >= 11 is 0. The van der Waals surface area contributed by atoms with Crippen molar-refractivity contribution in [2.75, 3.05) is 0 Å². The molecule has 0 aliphatic carbocycles. The highest BCUT2D eigenvalue weighted by molar-refractivity contribution is 6.06. The maximum absolute atomic E-state index is 6.22. The molecule has 2 N–H and O–H groups in total. The van der Waals surface area contributed by atoms with Gasteiger partial charge in [0.1, 0.15) is 24.0 Å². The molecular weight excluding hydrogens is 420 g/mol. The number of fused-ring (bicyclic) bond motifs is 8. The molecule has 0 spiro atoms. The Bertz CT molecular complexity index is 1760. The standard InChI is InChI=1S/C29H24N4O/c1-15(2)29-32-25-14-34-28-22-9-5-18(13-20(22)6-10-23(28)27(25)33-29)17-4-8-21-19(12-17)7-11-24-26(21)31-16(3)30-24/h4-13,15H,14H2,1-3H3,(H,30,31)(H,32,33). The number of imidazole rings is 2. The summed E-state index contributed by atoms with van der Waals surface area (Å²) < 4.78 is 6.22. The number of ether oxygens (including phenoxy) is 1. The molecule has 0 saturated carbocycles. The van der Waals surface area contributed by atoms with E-state index in [2.05, 4.69) is 89.5 Å². The Morgan fingerprint density at radius 1 is 0.824 bits per heavy atom. The maximum atomic E-state index is 6.22. The van der Waals surface area contributed by atoms with E-state index in [0.29, 0.717) is 12.5 Å². The topological polar surface area (TPSA) is 66.6 Å². The molecule has 5 nitrogen and oxygen atoms in total. The number of hydrogen-bond acceptors (Lipinski definition) is 3. The van der Waals surface area contributed by atoms with Crippen LogP contribution in [-0.2, 0) is 6.61 Å². The van der Waals surface area contributed by atoms with Crippen LogP contribution >= 0.6 is 0 Å². The van der Waals surface area contributed by atoms with E-state index in [1.807, 2.05) is 6.92 Å². The molecule has 7 rings (SSSR count). The number of nitrogens with one attached hydrogen (secondary N) is 2. The van der Waals surface area contributed by atoms with Crippen molar-refractivity contribution in [2.45, 2.75) is 33.3 Å².